The number of aryl methyl sites for hydroxylation is 1. The fourth-order valence-corrected chi connectivity index (χ4v) is 1.70. The number of hydrogen-bond acceptors (Lipinski definition) is 2. The molecule has 0 fully saturated rings. The maximum absolute atomic E-state index is 8.70. The van der Waals surface area contributed by atoms with Crippen LogP contribution in [-0.4, -0.2) is 18.0 Å². The van der Waals surface area contributed by atoms with Gasteiger partial charge in [-0.05, 0) is 25.5 Å². The Morgan fingerprint density at radius 3 is 2.80 bits per heavy atom. The van der Waals surface area contributed by atoms with Gasteiger partial charge in [0.1, 0.15) is 0 Å². The largest absolute Gasteiger partial charge is 0.286 e. The van der Waals surface area contributed by atoms with Crippen LogP contribution >= 0.6 is 0 Å². The van der Waals surface area contributed by atoms with E-state index >= 15 is 0 Å². The molecule has 0 radical (unpaired) electrons. The lowest BCUT2D eigenvalue weighted by molar-refractivity contribution is 0.298. The van der Waals surface area contributed by atoms with E-state index in [1.54, 1.807) is 0 Å². The van der Waals surface area contributed by atoms with Gasteiger partial charge in [0, 0.05) is 6.54 Å². The van der Waals surface area contributed by atoms with Crippen molar-refractivity contribution in [2.45, 2.75) is 26.8 Å². The highest BCUT2D eigenvalue weighted by atomic mass is 15.1. The Morgan fingerprint density at radius 2 is 2.20 bits per heavy atom. The summed E-state index contributed by atoms with van der Waals surface area (Å²) < 4.78 is 0. The lowest BCUT2D eigenvalue weighted by Crippen LogP contribution is -2.24. The van der Waals surface area contributed by atoms with Crippen LogP contribution < -0.4 is 0 Å². The molecule has 0 saturated heterocycles. The standard InChI is InChI=1S/C13H18N2/c1-3-8-15(9-7-14)11-13-6-4-5-12(2)10-13/h4-6,10H,3,8-9,11H2,1-2H3. The van der Waals surface area contributed by atoms with E-state index in [-0.39, 0.29) is 0 Å². The zero-order chi connectivity index (χ0) is 11.1. The molecule has 80 valence electrons. The van der Waals surface area contributed by atoms with E-state index in [0.29, 0.717) is 6.54 Å². The lowest BCUT2D eigenvalue weighted by atomic mass is 10.1. The summed E-state index contributed by atoms with van der Waals surface area (Å²) in [5.74, 6) is 0. The van der Waals surface area contributed by atoms with Crippen LogP contribution in [0.3, 0.4) is 0 Å². The van der Waals surface area contributed by atoms with Crippen molar-refractivity contribution in [2.24, 2.45) is 0 Å². The van der Waals surface area contributed by atoms with Crippen LogP contribution in [0.5, 0.6) is 0 Å². The van der Waals surface area contributed by atoms with Crippen molar-refractivity contribution in [2.75, 3.05) is 13.1 Å². The van der Waals surface area contributed by atoms with Crippen molar-refractivity contribution < 1.29 is 0 Å². The monoisotopic (exact) mass is 202 g/mol. The zero-order valence-corrected chi connectivity index (χ0v) is 9.53. The summed E-state index contributed by atoms with van der Waals surface area (Å²) in [5.41, 5.74) is 2.57. The highest BCUT2D eigenvalue weighted by molar-refractivity contribution is 5.22. The Kier molecular flexibility index (Phi) is 4.86. The highest BCUT2D eigenvalue weighted by Gasteiger charge is 2.03. The summed E-state index contributed by atoms with van der Waals surface area (Å²) >= 11 is 0. The first-order valence-electron chi connectivity index (χ1n) is 5.41. The Morgan fingerprint density at radius 1 is 1.40 bits per heavy atom. The van der Waals surface area contributed by atoms with Crippen molar-refractivity contribution in [3.8, 4) is 6.07 Å². The second-order valence-electron chi connectivity index (χ2n) is 3.86. The van der Waals surface area contributed by atoms with E-state index in [4.69, 9.17) is 5.26 Å². The lowest BCUT2D eigenvalue weighted by Gasteiger charge is -2.18. The third-order valence-corrected chi connectivity index (χ3v) is 2.32. The molecule has 0 N–H and O–H groups in total. The van der Waals surface area contributed by atoms with E-state index in [2.05, 4.69) is 49.1 Å². The number of nitriles is 1. The van der Waals surface area contributed by atoms with E-state index < -0.39 is 0 Å². The molecule has 0 aromatic heterocycles. The fourth-order valence-electron chi connectivity index (χ4n) is 1.70. The van der Waals surface area contributed by atoms with Crippen LogP contribution in [0.4, 0.5) is 0 Å². The summed E-state index contributed by atoms with van der Waals surface area (Å²) in [5, 5.41) is 8.70. The molecule has 15 heavy (non-hydrogen) atoms. The van der Waals surface area contributed by atoms with Gasteiger partial charge in [-0.1, -0.05) is 36.8 Å². The molecule has 0 aliphatic rings. The van der Waals surface area contributed by atoms with Crippen molar-refractivity contribution in [1.29, 1.82) is 5.26 Å². The average Bonchev–Trinajstić information content (AvgIpc) is 2.18. The van der Waals surface area contributed by atoms with Crippen LogP contribution in [-0.2, 0) is 6.54 Å². The first-order chi connectivity index (χ1) is 7.26. The molecule has 0 heterocycles. The summed E-state index contributed by atoms with van der Waals surface area (Å²) in [6.45, 7) is 6.62. The number of nitrogens with zero attached hydrogens (tertiary/aromatic N) is 2. The average molecular weight is 202 g/mol. The molecule has 1 aromatic rings. The van der Waals surface area contributed by atoms with Crippen LogP contribution in [0.2, 0.25) is 0 Å². The van der Waals surface area contributed by atoms with Crippen molar-refractivity contribution in [1.82, 2.24) is 4.90 Å². The summed E-state index contributed by atoms with van der Waals surface area (Å²) in [4.78, 5) is 2.18. The fraction of sp³-hybridized carbons (Fsp3) is 0.462. The van der Waals surface area contributed by atoms with Gasteiger partial charge in [0.05, 0.1) is 12.6 Å². The first-order valence-corrected chi connectivity index (χ1v) is 5.41. The Hall–Kier alpha value is -1.33. The maximum Gasteiger partial charge on any atom is 0.0868 e. The molecule has 1 aromatic carbocycles. The Balaban J connectivity index is 2.61. The molecule has 0 bridgehead atoms. The van der Waals surface area contributed by atoms with Gasteiger partial charge in [0.2, 0.25) is 0 Å². The molecule has 0 unspecified atom stereocenters. The van der Waals surface area contributed by atoms with E-state index in [0.717, 1.165) is 19.5 Å². The molecule has 0 atom stereocenters. The van der Waals surface area contributed by atoms with E-state index in [1.807, 2.05) is 0 Å². The topological polar surface area (TPSA) is 27.0 Å². The number of rotatable bonds is 5. The summed E-state index contributed by atoms with van der Waals surface area (Å²) in [7, 11) is 0. The van der Waals surface area contributed by atoms with Gasteiger partial charge in [-0.15, -0.1) is 0 Å². The van der Waals surface area contributed by atoms with Crippen molar-refractivity contribution in [3.05, 3.63) is 35.4 Å². The van der Waals surface area contributed by atoms with Crippen LogP contribution in [0.25, 0.3) is 0 Å². The third kappa shape index (κ3) is 4.14. The maximum atomic E-state index is 8.70. The van der Waals surface area contributed by atoms with Gasteiger partial charge in [0.25, 0.3) is 0 Å². The number of benzene rings is 1. The minimum atomic E-state index is 0.516. The second kappa shape index (κ2) is 6.21. The smallest absolute Gasteiger partial charge is 0.0868 e. The molecule has 0 saturated carbocycles. The van der Waals surface area contributed by atoms with E-state index in [9.17, 15) is 0 Å². The Bertz CT molecular complexity index is 339. The SMILES string of the molecule is CCCN(CC#N)Cc1cccc(C)c1. The van der Waals surface area contributed by atoms with Gasteiger partial charge >= 0.3 is 0 Å². The van der Waals surface area contributed by atoms with Gasteiger partial charge in [-0.25, -0.2) is 0 Å². The predicted molar refractivity (Wildman–Crippen MR) is 62.4 cm³/mol. The predicted octanol–water partition coefficient (Wildman–Crippen LogP) is 2.73. The summed E-state index contributed by atoms with van der Waals surface area (Å²) in [6, 6.07) is 10.7. The van der Waals surface area contributed by atoms with Gasteiger partial charge in [-0.2, -0.15) is 5.26 Å². The van der Waals surface area contributed by atoms with Crippen LogP contribution in [0.1, 0.15) is 24.5 Å². The molecular formula is C13H18N2. The van der Waals surface area contributed by atoms with Gasteiger partial charge in [-0.3, -0.25) is 4.90 Å². The van der Waals surface area contributed by atoms with Gasteiger partial charge < -0.3 is 0 Å². The number of hydrogen-bond donors (Lipinski definition) is 0. The van der Waals surface area contributed by atoms with Crippen molar-refractivity contribution >= 4 is 0 Å². The van der Waals surface area contributed by atoms with Gasteiger partial charge in [0.15, 0.2) is 0 Å². The first kappa shape index (κ1) is 11.7. The van der Waals surface area contributed by atoms with E-state index in [1.165, 1.54) is 11.1 Å². The molecule has 2 heteroatoms. The zero-order valence-electron chi connectivity index (χ0n) is 9.53. The quantitative estimate of drug-likeness (QED) is 0.686. The molecule has 0 aliphatic carbocycles. The second-order valence-corrected chi connectivity index (χ2v) is 3.86. The van der Waals surface area contributed by atoms with Crippen LogP contribution in [0, 0.1) is 18.3 Å². The molecule has 0 amide bonds. The third-order valence-electron chi connectivity index (χ3n) is 2.32. The molecule has 0 spiro atoms. The molecule has 1 rings (SSSR count). The minimum Gasteiger partial charge on any atom is -0.286 e. The molecular weight excluding hydrogens is 184 g/mol. The molecule has 0 aliphatic heterocycles. The highest BCUT2D eigenvalue weighted by Crippen LogP contribution is 2.07. The van der Waals surface area contributed by atoms with Crippen LogP contribution in [0.15, 0.2) is 24.3 Å². The van der Waals surface area contributed by atoms with Crippen molar-refractivity contribution in [3.63, 3.8) is 0 Å². The summed E-state index contributed by atoms with van der Waals surface area (Å²) in [6.07, 6.45) is 1.09. The molecule has 2 nitrogen and oxygen atoms in total. The Labute approximate surface area is 92.1 Å². The normalized spacial score (nSPS) is 10.3. The minimum absolute atomic E-state index is 0.516.